The van der Waals surface area contributed by atoms with Gasteiger partial charge in [0.2, 0.25) is 11.8 Å². The minimum atomic E-state index is -3.67. The van der Waals surface area contributed by atoms with Crippen LogP contribution in [-0.2, 0) is 26.2 Å². The SMILES string of the molecule is CC(=O)C1(c2c(F)cccc2CCC(=O)N2CCOCC2)CCC1.COc1ccc2[nH]ncc2n1.FC(F)F. The number of hydrogen-bond acceptors (Lipinski definition) is 6. The third-order valence-electron chi connectivity index (χ3n) is 6.91. The zero-order valence-electron chi connectivity index (χ0n) is 21.9. The molecule has 1 N–H and O–H groups in total. The number of alkyl halides is 3. The molecule has 0 unspecified atom stereocenters. The first kappa shape index (κ1) is 30.0. The normalized spacial score (nSPS) is 15.9. The van der Waals surface area contributed by atoms with E-state index in [1.165, 1.54) is 6.07 Å². The molecule has 212 valence electrons. The number of halogens is 4. The van der Waals surface area contributed by atoms with Gasteiger partial charge in [0.25, 0.3) is 0 Å². The Morgan fingerprint density at radius 2 is 1.85 bits per heavy atom. The highest BCUT2D eigenvalue weighted by atomic mass is 19.4. The van der Waals surface area contributed by atoms with Crippen molar-refractivity contribution in [3.05, 3.63) is 53.5 Å². The summed E-state index contributed by atoms with van der Waals surface area (Å²) in [7, 11) is 1.59. The first-order valence-electron chi connectivity index (χ1n) is 12.6. The second kappa shape index (κ2) is 14.0. The molecule has 3 heterocycles. The number of morpholine rings is 1. The van der Waals surface area contributed by atoms with Crippen LogP contribution in [0.5, 0.6) is 5.88 Å². The van der Waals surface area contributed by atoms with Gasteiger partial charge in [0.1, 0.15) is 17.1 Å². The number of aromatic nitrogens is 3. The first-order chi connectivity index (χ1) is 18.7. The number of nitrogens with one attached hydrogen (secondary N) is 1. The van der Waals surface area contributed by atoms with Crippen LogP contribution in [0, 0.1) is 5.82 Å². The van der Waals surface area contributed by atoms with Crippen molar-refractivity contribution >= 4 is 22.7 Å². The minimum absolute atomic E-state index is 0.0274. The molecular weight excluding hydrogens is 520 g/mol. The fourth-order valence-electron chi connectivity index (χ4n) is 4.76. The molecule has 1 saturated carbocycles. The summed E-state index contributed by atoms with van der Waals surface area (Å²) in [5.41, 5.74) is 2.39. The van der Waals surface area contributed by atoms with Crippen molar-refractivity contribution in [2.75, 3.05) is 33.4 Å². The standard InChI is InChI=1S/C19H24FNO3.C7H7N3O.CHF3/c1-14(22)19(8-3-9-19)18-15(4-2-5-16(18)20)6-7-17(23)21-10-12-24-13-11-21;1-11-7-3-2-5-6(9-7)4-8-10-5;2-1(3)4/h2,4-5H,3,6-13H2,1H3;2-4H,1H3,(H,8,10);1H. The summed E-state index contributed by atoms with van der Waals surface area (Å²) < 4.78 is 53.7. The molecule has 5 rings (SSSR count). The van der Waals surface area contributed by atoms with Crippen molar-refractivity contribution in [2.45, 2.75) is 51.1 Å². The van der Waals surface area contributed by atoms with E-state index in [2.05, 4.69) is 15.2 Å². The Labute approximate surface area is 223 Å². The van der Waals surface area contributed by atoms with Crippen LogP contribution >= 0.6 is 0 Å². The highest BCUT2D eigenvalue weighted by molar-refractivity contribution is 5.89. The predicted molar refractivity (Wildman–Crippen MR) is 136 cm³/mol. The zero-order chi connectivity index (χ0) is 28.4. The van der Waals surface area contributed by atoms with E-state index in [1.807, 2.05) is 12.1 Å². The van der Waals surface area contributed by atoms with Gasteiger partial charge in [-0.2, -0.15) is 18.3 Å². The number of amides is 1. The smallest absolute Gasteiger partial charge is 0.379 e. The van der Waals surface area contributed by atoms with E-state index >= 15 is 0 Å². The molecule has 8 nitrogen and oxygen atoms in total. The van der Waals surface area contributed by atoms with Gasteiger partial charge in [-0.1, -0.05) is 18.6 Å². The molecule has 39 heavy (non-hydrogen) atoms. The number of ether oxygens (including phenoxy) is 2. The van der Waals surface area contributed by atoms with Crippen molar-refractivity contribution in [3.8, 4) is 5.88 Å². The maximum atomic E-state index is 14.5. The molecule has 2 aliphatic rings. The lowest BCUT2D eigenvalue weighted by atomic mass is 9.61. The van der Waals surface area contributed by atoms with Gasteiger partial charge in [0.05, 0.1) is 37.5 Å². The summed E-state index contributed by atoms with van der Waals surface area (Å²) in [4.78, 5) is 30.5. The van der Waals surface area contributed by atoms with E-state index in [0.717, 1.165) is 23.0 Å². The highest BCUT2D eigenvalue weighted by Gasteiger charge is 2.46. The number of hydrogen-bond donors (Lipinski definition) is 1. The summed E-state index contributed by atoms with van der Waals surface area (Å²) >= 11 is 0. The molecule has 0 radical (unpaired) electrons. The Balaban J connectivity index is 0.000000230. The van der Waals surface area contributed by atoms with Crippen LogP contribution in [0.25, 0.3) is 11.0 Å². The number of aromatic amines is 1. The van der Waals surface area contributed by atoms with Crippen LogP contribution in [0.4, 0.5) is 17.6 Å². The molecule has 2 fully saturated rings. The number of methoxy groups -OCH3 is 1. The number of ketones is 1. The lowest BCUT2D eigenvalue weighted by Gasteiger charge is -2.41. The maximum absolute atomic E-state index is 14.5. The third-order valence-corrected chi connectivity index (χ3v) is 6.91. The van der Waals surface area contributed by atoms with Crippen molar-refractivity contribution in [1.82, 2.24) is 20.1 Å². The quantitative estimate of drug-likeness (QED) is 0.443. The topological polar surface area (TPSA) is 97.4 Å². The predicted octanol–water partition coefficient (Wildman–Crippen LogP) is 4.77. The number of benzene rings is 1. The number of fused-ring (bicyclic) bond motifs is 1. The number of carbonyl (C=O) groups is 2. The van der Waals surface area contributed by atoms with Crippen molar-refractivity contribution < 1.29 is 36.6 Å². The number of Topliss-reactive ketones (excluding diaryl/α,β-unsaturated/α-hetero) is 1. The van der Waals surface area contributed by atoms with E-state index in [9.17, 15) is 27.2 Å². The van der Waals surface area contributed by atoms with Crippen LogP contribution in [-0.4, -0.2) is 71.9 Å². The van der Waals surface area contributed by atoms with Crippen LogP contribution in [0.15, 0.2) is 36.5 Å². The molecule has 1 saturated heterocycles. The second-order valence-electron chi connectivity index (χ2n) is 9.16. The minimum Gasteiger partial charge on any atom is -0.481 e. The number of carbonyl (C=O) groups excluding carboxylic acids is 2. The van der Waals surface area contributed by atoms with Gasteiger partial charge < -0.3 is 14.4 Å². The Hall–Kier alpha value is -3.54. The molecule has 1 aliphatic heterocycles. The number of aryl methyl sites for hydroxylation is 1. The Bertz CT molecular complexity index is 1240. The Kier molecular flexibility index (Phi) is 10.8. The molecule has 0 spiro atoms. The Morgan fingerprint density at radius 3 is 2.44 bits per heavy atom. The van der Waals surface area contributed by atoms with Gasteiger partial charge >= 0.3 is 6.68 Å². The molecule has 0 bridgehead atoms. The van der Waals surface area contributed by atoms with E-state index < -0.39 is 12.1 Å². The fraction of sp³-hybridized carbons (Fsp3) is 0.481. The molecule has 1 aromatic carbocycles. The molecule has 1 amide bonds. The van der Waals surface area contributed by atoms with Crippen LogP contribution in [0.2, 0.25) is 0 Å². The van der Waals surface area contributed by atoms with Crippen molar-refractivity contribution in [1.29, 1.82) is 0 Å². The van der Waals surface area contributed by atoms with Crippen LogP contribution in [0.3, 0.4) is 0 Å². The van der Waals surface area contributed by atoms with Crippen molar-refractivity contribution in [2.24, 2.45) is 0 Å². The van der Waals surface area contributed by atoms with Gasteiger partial charge in [0.15, 0.2) is 0 Å². The summed E-state index contributed by atoms with van der Waals surface area (Å²) in [6.07, 6.45) is 4.82. The van der Waals surface area contributed by atoms with Gasteiger partial charge in [-0.25, -0.2) is 9.37 Å². The van der Waals surface area contributed by atoms with Gasteiger partial charge in [0, 0.05) is 31.1 Å². The number of rotatable bonds is 6. The van der Waals surface area contributed by atoms with E-state index in [4.69, 9.17) is 9.47 Å². The van der Waals surface area contributed by atoms with Gasteiger partial charge in [-0.05, 0) is 43.9 Å². The molecular formula is C27H32F4N4O4. The van der Waals surface area contributed by atoms with E-state index in [1.54, 1.807) is 37.3 Å². The van der Waals surface area contributed by atoms with Crippen LogP contribution < -0.4 is 4.74 Å². The summed E-state index contributed by atoms with van der Waals surface area (Å²) in [6.45, 7) is 0.265. The molecule has 2 aromatic heterocycles. The number of nitrogens with zero attached hydrogens (tertiary/aromatic N) is 3. The lowest BCUT2D eigenvalue weighted by molar-refractivity contribution is -0.135. The number of pyridine rings is 1. The summed E-state index contributed by atoms with van der Waals surface area (Å²) in [6, 6.07) is 8.62. The average Bonchev–Trinajstić information content (AvgIpc) is 3.36. The molecule has 12 heteroatoms. The lowest BCUT2D eigenvalue weighted by Crippen LogP contribution is -2.43. The second-order valence-corrected chi connectivity index (χ2v) is 9.16. The monoisotopic (exact) mass is 552 g/mol. The zero-order valence-corrected chi connectivity index (χ0v) is 21.9. The largest absolute Gasteiger partial charge is 0.481 e. The number of H-pyrrole nitrogens is 1. The first-order valence-corrected chi connectivity index (χ1v) is 12.6. The van der Waals surface area contributed by atoms with Gasteiger partial charge in [-0.15, -0.1) is 0 Å². The van der Waals surface area contributed by atoms with Crippen LogP contribution in [0.1, 0.15) is 43.7 Å². The van der Waals surface area contributed by atoms with Crippen molar-refractivity contribution in [3.63, 3.8) is 0 Å². The van der Waals surface area contributed by atoms with E-state index in [-0.39, 0.29) is 17.5 Å². The summed E-state index contributed by atoms with van der Waals surface area (Å²) in [5, 5.41) is 6.64. The fourth-order valence-corrected chi connectivity index (χ4v) is 4.76. The highest BCUT2D eigenvalue weighted by Crippen LogP contribution is 2.47. The summed E-state index contributed by atoms with van der Waals surface area (Å²) in [5.74, 6) is 0.388. The van der Waals surface area contributed by atoms with Gasteiger partial charge in [-0.3, -0.25) is 14.7 Å². The molecule has 0 atom stereocenters. The third kappa shape index (κ3) is 7.75. The average molecular weight is 553 g/mol. The Morgan fingerprint density at radius 1 is 1.15 bits per heavy atom. The molecule has 1 aliphatic carbocycles. The maximum Gasteiger partial charge on any atom is 0.379 e. The van der Waals surface area contributed by atoms with E-state index in [0.29, 0.717) is 63.4 Å². The molecule has 3 aromatic rings.